The quantitative estimate of drug-likeness (QED) is 0.716. The minimum absolute atomic E-state index is 0.0287. The molecule has 0 radical (unpaired) electrons. The normalized spacial score (nSPS) is 23.7. The summed E-state index contributed by atoms with van der Waals surface area (Å²) in [5.41, 5.74) is 0. The van der Waals surface area contributed by atoms with Gasteiger partial charge in [0, 0.05) is 39.3 Å². The smallest absolute Gasteiger partial charge is 0.320 e. The second kappa shape index (κ2) is 5.64. The second-order valence-corrected chi connectivity index (χ2v) is 6.93. The van der Waals surface area contributed by atoms with Gasteiger partial charge in [-0.25, -0.2) is 9.93 Å². The SMILES string of the molecule is CC1CCN(C(=O)N2CCN(S(N)(=O)=O)CC2)CC1. The van der Waals surface area contributed by atoms with E-state index in [2.05, 4.69) is 6.92 Å². The van der Waals surface area contributed by atoms with Crippen LogP contribution in [0.4, 0.5) is 4.79 Å². The minimum Gasteiger partial charge on any atom is -0.325 e. The molecule has 2 aliphatic heterocycles. The molecule has 19 heavy (non-hydrogen) atoms. The molecule has 0 saturated carbocycles. The summed E-state index contributed by atoms with van der Waals surface area (Å²) in [5, 5.41) is 5.07. The Kier molecular flexibility index (Phi) is 4.32. The molecule has 0 bridgehead atoms. The van der Waals surface area contributed by atoms with Gasteiger partial charge in [0.1, 0.15) is 0 Å². The number of likely N-dealkylation sites (tertiary alicyclic amines) is 1. The lowest BCUT2D eigenvalue weighted by Crippen LogP contribution is -2.55. The lowest BCUT2D eigenvalue weighted by Gasteiger charge is -2.38. The zero-order chi connectivity index (χ0) is 14.0. The van der Waals surface area contributed by atoms with E-state index < -0.39 is 10.2 Å². The van der Waals surface area contributed by atoms with E-state index in [1.165, 1.54) is 4.31 Å². The van der Waals surface area contributed by atoms with Crippen LogP contribution in [0.3, 0.4) is 0 Å². The maximum Gasteiger partial charge on any atom is 0.320 e. The number of piperidine rings is 1. The average molecular weight is 290 g/mol. The summed E-state index contributed by atoms with van der Waals surface area (Å²) in [6, 6.07) is 0.0287. The highest BCUT2D eigenvalue weighted by molar-refractivity contribution is 7.86. The van der Waals surface area contributed by atoms with E-state index >= 15 is 0 Å². The predicted octanol–water partition coefficient (Wildman–Crippen LogP) is -0.341. The zero-order valence-electron chi connectivity index (χ0n) is 11.3. The number of piperazine rings is 1. The first-order valence-electron chi connectivity index (χ1n) is 6.69. The van der Waals surface area contributed by atoms with Gasteiger partial charge in [0.2, 0.25) is 0 Å². The molecule has 0 aliphatic carbocycles. The van der Waals surface area contributed by atoms with E-state index in [1.807, 2.05) is 4.90 Å². The van der Waals surface area contributed by atoms with E-state index in [1.54, 1.807) is 4.90 Å². The average Bonchev–Trinajstić information content (AvgIpc) is 2.38. The van der Waals surface area contributed by atoms with E-state index in [4.69, 9.17) is 5.14 Å². The van der Waals surface area contributed by atoms with Crippen LogP contribution in [0, 0.1) is 5.92 Å². The van der Waals surface area contributed by atoms with Crippen molar-refractivity contribution < 1.29 is 13.2 Å². The third-order valence-corrected chi connectivity index (χ3v) is 5.01. The molecule has 2 aliphatic rings. The van der Waals surface area contributed by atoms with Gasteiger partial charge in [-0.1, -0.05) is 6.92 Å². The van der Waals surface area contributed by atoms with Crippen LogP contribution in [0.1, 0.15) is 19.8 Å². The molecule has 2 N–H and O–H groups in total. The summed E-state index contributed by atoms with van der Waals surface area (Å²) in [4.78, 5) is 15.9. The lowest BCUT2D eigenvalue weighted by atomic mass is 9.99. The molecule has 2 amide bonds. The zero-order valence-corrected chi connectivity index (χ0v) is 12.1. The van der Waals surface area contributed by atoms with Crippen LogP contribution in [0.25, 0.3) is 0 Å². The van der Waals surface area contributed by atoms with Crippen LogP contribution in [-0.4, -0.2) is 67.8 Å². The van der Waals surface area contributed by atoms with E-state index in [0.717, 1.165) is 25.9 Å². The van der Waals surface area contributed by atoms with Crippen LogP contribution in [0.15, 0.2) is 0 Å². The van der Waals surface area contributed by atoms with Crippen molar-refractivity contribution in [3.8, 4) is 0 Å². The van der Waals surface area contributed by atoms with Gasteiger partial charge in [0.15, 0.2) is 0 Å². The molecule has 0 aromatic carbocycles. The highest BCUT2D eigenvalue weighted by atomic mass is 32.2. The Bertz CT molecular complexity index is 423. The Balaban J connectivity index is 1.86. The monoisotopic (exact) mass is 290 g/mol. The minimum atomic E-state index is -3.63. The molecule has 0 spiro atoms. The number of amides is 2. The Morgan fingerprint density at radius 3 is 1.95 bits per heavy atom. The molecule has 0 atom stereocenters. The molecule has 2 heterocycles. The highest BCUT2D eigenvalue weighted by Gasteiger charge is 2.30. The van der Waals surface area contributed by atoms with E-state index in [0.29, 0.717) is 19.0 Å². The number of carbonyl (C=O) groups is 1. The third kappa shape index (κ3) is 3.58. The number of hydrogen-bond donors (Lipinski definition) is 1. The molecular weight excluding hydrogens is 268 g/mol. The molecule has 7 nitrogen and oxygen atoms in total. The first kappa shape index (κ1) is 14.5. The van der Waals surface area contributed by atoms with Gasteiger partial charge in [-0.05, 0) is 18.8 Å². The Morgan fingerprint density at radius 2 is 1.47 bits per heavy atom. The van der Waals surface area contributed by atoms with Crippen molar-refractivity contribution in [2.24, 2.45) is 11.1 Å². The Labute approximate surface area is 114 Å². The largest absolute Gasteiger partial charge is 0.325 e. The van der Waals surface area contributed by atoms with Crippen molar-refractivity contribution in [3.05, 3.63) is 0 Å². The predicted molar refractivity (Wildman–Crippen MR) is 71.6 cm³/mol. The number of rotatable bonds is 1. The van der Waals surface area contributed by atoms with Crippen LogP contribution < -0.4 is 5.14 Å². The maximum absolute atomic E-state index is 12.3. The number of urea groups is 1. The van der Waals surface area contributed by atoms with Gasteiger partial charge >= 0.3 is 6.03 Å². The van der Waals surface area contributed by atoms with E-state index in [9.17, 15) is 13.2 Å². The first-order chi connectivity index (χ1) is 8.88. The molecule has 110 valence electrons. The van der Waals surface area contributed by atoms with Crippen LogP contribution >= 0.6 is 0 Å². The van der Waals surface area contributed by atoms with Crippen LogP contribution in [0.5, 0.6) is 0 Å². The van der Waals surface area contributed by atoms with E-state index in [-0.39, 0.29) is 19.1 Å². The van der Waals surface area contributed by atoms with Crippen molar-refractivity contribution in [1.82, 2.24) is 14.1 Å². The van der Waals surface area contributed by atoms with Gasteiger partial charge < -0.3 is 9.80 Å². The van der Waals surface area contributed by atoms with Gasteiger partial charge in [-0.15, -0.1) is 0 Å². The first-order valence-corrected chi connectivity index (χ1v) is 8.20. The topological polar surface area (TPSA) is 86.9 Å². The van der Waals surface area contributed by atoms with Crippen molar-refractivity contribution in [2.75, 3.05) is 39.3 Å². The standard InChI is InChI=1S/C11H22N4O3S/c1-10-2-4-13(5-3-10)11(16)14-6-8-15(9-7-14)19(12,17)18/h10H,2-9H2,1H3,(H2,12,17,18). The fraction of sp³-hybridized carbons (Fsp3) is 0.909. The Hall–Kier alpha value is -0.860. The highest BCUT2D eigenvalue weighted by Crippen LogP contribution is 2.18. The lowest BCUT2D eigenvalue weighted by molar-refractivity contribution is 0.119. The fourth-order valence-corrected chi connectivity index (χ4v) is 3.21. The number of nitrogens with two attached hydrogens (primary N) is 1. The molecular formula is C11H22N4O3S. The van der Waals surface area contributed by atoms with Gasteiger partial charge in [0.25, 0.3) is 10.2 Å². The summed E-state index contributed by atoms with van der Waals surface area (Å²) in [5.74, 6) is 0.684. The maximum atomic E-state index is 12.3. The van der Waals surface area contributed by atoms with Crippen molar-refractivity contribution >= 4 is 16.2 Å². The third-order valence-electron chi connectivity index (χ3n) is 3.92. The van der Waals surface area contributed by atoms with Gasteiger partial charge in [0.05, 0.1) is 0 Å². The molecule has 8 heteroatoms. The second-order valence-electron chi connectivity index (χ2n) is 5.38. The van der Waals surface area contributed by atoms with Gasteiger partial charge in [-0.2, -0.15) is 12.7 Å². The van der Waals surface area contributed by atoms with Crippen molar-refractivity contribution in [3.63, 3.8) is 0 Å². The molecule has 2 saturated heterocycles. The van der Waals surface area contributed by atoms with Gasteiger partial charge in [-0.3, -0.25) is 0 Å². The fourth-order valence-electron chi connectivity index (χ4n) is 2.53. The summed E-state index contributed by atoms with van der Waals surface area (Å²) in [6.07, 6.45) is 2.09. The summed E-state index contributed by atoms with van der Waals surface area (Å²) < 4.78 is 23.6. The molecule has 0 aromatic rings. The molecule has 2 fully saturated rings. The molecule has 0 aromatic heterocycles. The summed E-state index contributed by atoms with van der Waals surface area (Å²) >= 11 is 0. The number of nitrogens with zero attached hydrogens (tertiary/aromatic N) is 3. The van der Waals surface area contributed by atoms with Crippen LogP contribution in [0.2, 0.25) is 0 Å². The van der Waals surface area contributed by atoms with Crippen LogP contribution in [-0.2, 0) is 10.2 Å². The number of hydrogen-bond acceptors (Lipinski definition) is 3. The molecule has 0 unspecified atom stereocenters. The number of carbonyl (C=O) groups excluding carboxylic acids is 1. The summed E-state index contributed by atoms with van der Waals surface area (Å²) in [7, 11) is -3.63. The van der Waals surface area contributed by atoms with Crippen molar-refractivity contribution in [1.29, 1.82) is 0 Å². The Morgan fingerprint density at radius 1 is 1.00 bits per heavy atom. The van der Waals surface area contributed by atoms with Crippen molar-refractivity contribution in [2.45, 2.75) is 19.8 Å². The molecule has 2 rings (SSSR count). The summed E-state index contributed by atoms with van der Waals surface area (Å²) in [6.45, 7) is 5.21.